The van der Waals surface area contributed by atoms with Crippen molar-refractivity contribution < 1.29 is 22.4 Å². The van der Waals surface area contributed by atoms with Crippen molar-refractivity contribution in [3.8, 4) is 0 Å². The molecule has 5 rings (SSSR count). The minimum Gasteiger partial charge on any atom is -0.343 e. The average Bonchev–Trinajstić information content (AvgIpc) is 3.31. The SMILES string of the molecule is CC1=C(C(=O)Nc2ccc3[nH]ncc3c2)C(c2ccc(C(F)(F)F)cc2F)N=C(c2ccncc2)N1. The zero-order valence-corrected chi connectivity index (χ0v) is 18.7. The van der Waals surface area contributed by atoms with Gasteiger partial charge in [-0.25, -0.2) is 4.39 Å². The van der Waals surface area contributed by atoms with Crippen molar-refractivity contribution in [3.05, 3.63) is 101 Å². The molecule has 1 aliphatic heterocycles. The van der Waals surface area contributed by atoms with E-state index in [-0.39, 0.29) is 11.1 Å². The Kier molecular flexibility index (Phi) is 5.75. The highest BCUT2D eigenvalue weighted by atomic mass is 19.4. The fourth-order valence-electron chi connectivity index (χ4n) is 4.00. The summed E-state index contributed by atoms with van der Waals surface area (Å²) in [5.41, 5.74) is 1.01. The summed E-state index contributed by atoms with van der Waals surface area (Å²) in [5.74, 6) is -1.37. The lowest BCUT2D eigenvalue weighted by atomic mass is 9.93. The Morgan fingerprint density at radius 2 is 1.83 bits per heavy atom. The van der Waals surface area contributed by atoms with Crippen molar-refractivity contribution in [1.82, 2.24) is 20.5 Å². The van der Waals surface area contributed by atoms with Gasteiger partial charge in [0.05, 0.1) is 22.9 Å². The number of halogens is 4. The summed E-state index contributed by atoms with van der Waals surface area (Å²) >= 11 is 0. The first-order chi connectivity index (χ1) is 17.2. The number of aliphatic imine (C=N–C) groups is 1. The highest BCUT2D eigenvalue weighted by Gasteiger charge is 2.35. The van der Waals surface area contributed by atoms with E-state index in [1.807, 2.05) is 0 Å². The number of aromatic amines is 1. The smallest absolute Gasteiger partial charge is 0.343 e. The van der Waals surface area contributed by atoms with E-state index in [2.05, 4.69) is 30.8 Å². The van der Waals surface area contributed by atoms with Crippen LogP contribution in [-0.2, 0) is 11.0 Å². The summed E-state index contributed by atoms with van der Waals surface area (Å²) in [6.07, 6.45) is -0.0267. The maximum Gasteiger partial charge on any atom is 0.416 e. The zero-order chi connectivity index (χ0) is 25.4. The molecule has 2 aromatic heterocycles. The molecule has 3 heterocycles. The first kappa shape index (κ1) is 23.2. The number of hydrogen-bond donors (Lipinski definition) is 3. The van der Waals surface area contributed by atoms with Crippen LogP contribution in [0.25, 0.3) is 10.9 Å². The van der Waals surface area contributed by atoms with E-state index in [9.17, 15) is 18.0 Å². The number of nitrogens with one attached hydrogen (secondary N) is 3. The number of rotatable bonds is 4. The Morgan fingerprint density at radius 1 is 1.06 bits per heavy atom. The maximum atomic E-state index is 15.1. The van der Waals surface area contributed by atoms with Gasteiger partial charge in [0.1, 0.15) is 17.7 Å². The number of allylic oxidation sites excluding steroid dienone is 1. The molecule has 0 spiro atoms. The van der Waals surface area contributed by atoms with Gasteiger partial charge in [-0.1, -0.05) is 6.07 Å². The van der Waals surface area contributed by atoms with Gasteiger partial charge in [0, 0.05) is 40.3 Å². The molecule has 3 N–H and O–H groups in total. The maximum absolute atomic E-state index is 15.1. The van der Waals surface area contributed by atoms with Crippen molar-refractivity contribution in [2.45, 2.75) is 19.1 Å². The Labute approximate surface area is 202 Å². The van der Waals surface area contributed by atoms with E-state index in [1.165, 1.54) is 0 Å². The number of amides is 1. The van der Waals surface area contributed by atoms with E-state index in [4.69, 9.17) is 0 Å². The highest BCUT2D eigenvalue weighted by molar-refractivity contribution is 6.09. The second-order valence-electron chi connectivity index (χ2n) is 8.14. The standard InChI is InChI=1S/C25H18F4N6O/c1-13-21(24(36)33-17-3-5-20-15(10-17)12-31-35-20)22(34-23(32-13)14-6-8-30-9-7-14)18-4-2-16(11-19(18)26)25(27,28)29/h2-12,22H,1H3,(H,31,35)(H,32,34)(H,33,36). The van der Waals surface area contributed by atoms with Crippen LogP contribution in [0, 0.1) is 5.82 Å². The largest absolute Gasteiger partial charge is 0.416 e. The molecule has 1 unspecified atom stereocenters. The van der Waals surface area contributed by atoms with Crippen LogP contribution in [0.15, 0.2) is 83.4 Å². The van der Waals surface area contributed by atoms with E-state index in [0.717, 1.165) is 23.0 Å². The molecule has 1 atom stereocenters. The number of nitrogens with zero attached hydrogens (tertiary/aromatic N) is 3. The molecule has 0 saturated carbocycles. The molecule has 0 bridgehead atoms. The molecule has 2 aromatic carbocycles. The molecule has 7 nitrogen and oxygen atoms in total. The molecule has 0 fully saturated rings. The number of carbonyl (C=O) groups is 1. The second-order valence-corrected chi connectivity index (χ2v) is 8.14. The van der Waals surface area contributed by atoms with Crippen LogP contribution in [0.4, 0.5) is 23.2 Å². The summed E-state index contributed by atoms with van der Waals surface area (Å²) in [4.78, 5) is 21.9. The Balaban J connectivity index is 1.56. The van der Waals surface area contributed by atoms with E-state index < -0.39 is 29.5 Å². The van der Waals surface area contributed by atoms with Crippen LogP contribution in [0.2, 0.25) is 0 Å². The van der Waals surface area contributed by atoms with Gasteiger partial charge in [0.25, 0.3) is 5.91 Å². The monoisotopic (exact) mass is 494 g/mol. The van der Waals surface area contributed by atoms with Crippen LogP contribution >= 0.6 is 0 Å². The Morgan fingerprint density at radius 3 is 2.56 bits per heavy atom. The van der Waals surface area contributed by atoms with Crippen molar-refractivity contribution in [2.75, 3.05) is 5.32 Å². The second kappa shape index (κ2) is 8.91. The van der Waals surface area contributed by atoms with Gasteiger partial charge in [-0.2, -0.15) is 18.3 Å². The fraction of sp³-hybridized carbons (Fsp3) is 0.120. The molecule has 11 heteroatoms. The summed E-state index contributed by atoms with van der Waals surface area (Å²) < 4.78 is 54.5. The molecule has 182 valence electrons. The summed E-state index contributed by atoms with van der Waals surface area (Å²) in [6.45, 7) is 1.62. The van der Waals surface area contributed by atoms with Crippen molar-refractivity contribution in [2.24, 2.45) is 4.99 Å². The van der Waals surface area contributed by atoms with Gasteiger partial charge in [0.2, 0.25) is 0 Å². The van der Waals surface area contributed by atoms with Crippen LogP contribution in [0.5, 0.6) is 0 Å². The third kappa shape index (κ3) is 4.42. The number of alkyl halides is 3. The fourth-order valence-corrected chi connectivity index (χ4v) is 4.00. The van der Waals surface area contributed by atoms with Gasteiger partial charge >= 0.3 is 6.18 Å². The molecule has 4 aromatic rings. The highest BCUT2D eigenvalue weighted by Crippen LogP contribution is 2.37. The number of H-pyrrole nitrogens is 1. The lowest BCUT2D eigenvalue weighted by Crippen LogP contribution is -2.34. The Hall–Kier alpha value is -4.54. The van der Waals surface area contributed by atoms with Crippen molar-refractivity contribution in [3.63, 3.8) is 0 Å². The van der Waals surface area contributed by atoms with E-state index in [1.54, 1.807) is 55.8 Å². The molecule has 0 saturated heterocycles. The van der Waals surface area contributed by atoms with Gasteiger partial charge in [0.15, 0.2) is 0 Å². The Bertz CT molecular complexity index is 1520. The van der Waals surface area contributed by atoms with Gasteiger partial charge < -0.3 is 10.6 Å². The predicted molar refractivity (Wildman–Crippen MR) is 125 cm³/mol. The zero-order valence-electron chi connectivity index (χ0n) is 18.7. The van der Waals surface area contributed by atoms with Crippen LogP contribution in [0.3, 0.4) is 0 Å². The number of anilines is 1. The summed E-state index contributed by atoms with van der Waals surface area (Å²) in [5, 5.41) is 13.4. The molecule has 0 radical (unpaired) electrons. The minimum absolute atomic E-state index is 0.0683. The minimum atomic E-state index is -4.71. The van der Waals surface area contributed by atoms with Crippen LogP contribution in [-0.4, -0.2) is 26.9 Å². The molecule has 0 aliphatic carbocycles. The van der Waals surface area contributed by atoms with Crippen molar-refractivity contribution >= 4 is 28.3 Å². The third-order valence-corrected chi connectivity index (χ3v) is 5.76. The van der Waals surface area contributed by atoms with Gasteiger partial charge in [-0.05, 0) is 49.4 Å². The summed E-state index contributed by atoms with van der Waals surface area (Å²) in [7, 11) is 0. The number of carbonyl (C=O) groups excluding carboxylic acids is 1. The third-order valence-electron chi connectivity index (χ3n) is 5.76. The molecule has 36 heavy (non-hydrogen) atoms. The van der Waals surface area contributed by atoms with E-state index in [0.29, 0.717) is 28.8 Å². The topological polar surface area (TPSA) is 95.1 Å². The first-order valence-electron chi connectivity index (χ1n) is 10.8. The van der Waals surface area contributed by atoms with E-state index >= 15 is 4.39 Å². The predicted octanol–water partition coefficient (Wildman–Crippen LogP) is 5.12. The van der Waals surface area contributed by atoms with Gasteiger partial charge in [-0.3, -0.25) is 19.9 Å². The quantitative estimate of drug-likeness (QED) is 0.343. The number of aromatic nitrogens is 3. The molecular weight excluding hydrogens is 476 g/mol. The molecule has 1 amide bonds. The van der Waals surface area contributed by atoms with Crippen LogP contribution < -0.4 is 10.6 Å². The molecular formula is C25H18F4N6O. The van der Waals surface area contributed by atoms with Gasteiger partial charge in [-0.15, -0.1) is 0 Å². The average molecular weight is 494 g/mol. The summed E-state index contributed by atoms with van der Waals surface area (Å²) in [6, 6.07) is 9.47. The number of benzene rings is 2. The number of amidine groups is 1. The number of hydrogen-bond acceptors (Lipinski definition) is 5. The van der Waals surface area contributed by atoms with Crippen LogP contribution in [0.1, 0.15) is 29.7 Å². The normalized spacial score (nSPS) is 16.0. The first-order valence-corrected chi connectivity index (χ1v) is 10.8. The number of pyridine rings is 1. The van der Waals surface area contributed by atoms with Crippen molar-refractivity contribution in [1.29, 1.82) is 0 Å². The molecule has 1 aliphatic rings. The lowest BCUT2D eigenvalue weighted by molar-refractivity contribution is -0.137. The number of fused-ring (bicyclic) bond motifs is 1. The lowest BCUT2D eigenvalue weighted by Gasteiger charge is -2.27.